The third-order valence-corrected chi connectivity index (χ3v) is 2.72. The Morgan fingerprint density at radius 2 is 2.05 bits per heavy atom. The number of hydrogen-bond donors (Lipinski definition) is 2. The number of nitrogens with one attached hydrogen (secondary N) is 1. The Morgan fingerprint density at radius 3 is 2.62 bits per heavy atom. The van der Waals surface area contributed by atoms with E-state index in [0.29, 0.717) is 11.4 Å². The summed E-state index contributed by atoms with van der Waals surface area (Å²) in [5, 5.41) is 12.4. The van der Waals surface area contributed by atoms with Crippen molar-refractivity contribution in [2.24, 2.45) is 0 Å². The molecular weight excluding hydrogens is 274 g/mol. The van der Waals surface area contributed by atoms with Crippen molar-refractivity contribution >= 4 is 17.6 Å². The Hall–Kier alpha value is -2.76. The number of aryl methyl sites for hydroxylation is 1. The number of ether oxygens (including phenoxy) is 1. The highest BCUT2D eigenvalue weighted by molar-refractivity contribution is 6.03. The van der Waals surface area contributed by atoms with Crippen LogP contribution < -0.4 is 5.32 Å². The first-order valence-electron chi connectivity index (χ1n) is 6.39. The number of carbonyl (C=O) groups excluding carboxylic acids is 2. The number of carbonyl (C=O) groups is 2. The first-order valence-corrected chi connectivity index (χ1v) is 6.39. The van der Waals surface area contributed by atoms with Crippen LogP contribution >= 0.6 is 0 Å². The zero-order valence-electron chi connectivity index (χ0n) is 11.7. The molecule has 0 aliphatic carbocycles. The van der Waals surface area contributed by atoms with Gasteiger partial charge in [-0.3, -0.25) is 4.79 Å². The molecule has 0 saturated heterocycles. The predicted molar refractivity (Wildman–Crippen MR) is 75.5 cm³/mol. The molecule has 0 fully saturated rings. The fourth-order valence-corrected chi connectivity index (χ4v) is 1.74. The standard InChI is InChI=1S/C15H15NO5/c1-3-20-15(19)11-6-5-10(8-12(11)17)16-14(18)13-7-4-9(2)21-13/h4-8,17H,3H2,1-2H3,(H,16,18). The fourth-order valence-electron chi connectivity index (χ4n) is 1.74. The second-order valence-corrected chi connectivity index (χ2v) is 4.32. The van der Waals surface area contributed by atoms with Crippen LogP contribution in [0.4, 0.5) is 5.69 Å². The molecule has 2 N–H and O–H groups in total. The summed E-state index contributed by atoms with van der Waals surface area (Å²) in [7, 11) is 0. The van der Waals surface area contributed by atoms with Gasteiger partial charge in [0.05, 0.1) is 6.61 Å². The van der Waals surface area contributed by atoms with E-state index in [2.05, 4.69) is 5.32 Å². The van der Waals surface area contributed by atoms with Crippen LogP contribution in [-0.4, -0.2) is 23.6 Å². The largest absolute Gasteiger partial charge is 0.507 e. The summed E-state index contributed by atoms with van der Waals surface area (Å²) in [5.41, 5.74) is 0.392. The highest BCUT2D eigenvalue weighted by Gasteiger charge is 2.15. The molecule has 1 aromatic carbocycles. The van der Waals surface area contributed by atoms with Crippen molar-refractivity contribution < 1.29 is 23.8 Å². The number of furan rings is 1. The maximum Gasteiger partial charge on any atom is 0.341 e. The van der Waals surface area contributed by atoms with Gasteiger partial charge in [-0.1, -0.05) is 0 Å². The molecule has 0 atom stereocenters. The summed E-state index contributed by atoms with van der Waals surface area (Å²) in [6.45, 7) is 3.63. The third kappa shape index (κ3) is 3.42. The number of benzene rings is 1. The molecule has 0 radical (unpaired) electrons. The molecule has 1 heterocycles. The molecule has 1 amide bonds. The van der Waals surface area contributed by atoms with Crippen molar-refractivity contribution in [3.8, 4) is 5.75 Å². The maximum atomic E-state index is 11.9. The molecule has 0 aliphatic rings. The van der Waals surface area contributed by atoms with Gasteiger partial charge >= 0.3 is 5.97 Å². The SMILES string of the molecule is CCOC(=O)c1ccc(NC(=O)c2ccc(C)o2)cc1O. The fraction of sp³-hybridized carbons (Fsp3) is 0.200. The first-order chi connectivity index (χ1) is 10.0. The monoisotopic (exact) mass is 289 g/mol. The van der Waals surface area contributed by atoms with Crippen LogP contribution in [-0.2, 0) is 4.74 Å². The van der Waals surface area contributed by atoms with Gasteiger partial charge in [0.25, 0.3) is 5.91 Å². The number of phenolic OH excluding ortho intramolecular Hbond substituents is 1. The average molecular weight is 289 g/mol. The second-order valence-electron chi connectivity index (χ2n) is 4.32. The minimum absolute atomic E-state index is 0.0451. The number of phenols is 1. The van der Waals surface area contributed by atoms with Gasteiger partial charge in [-0.05, 0) is 38.1 Å². The van der Waals surface area contributed by atoms with Gasteiger partial charge in [0.1, 0.15) is 17.1 Å². The van der Waals surface area contributed by atoms with E-state index in [-0.39, 0.29) is 23.7 Å². The molecule has 1 aromatic heterocycles. The molecule has 0 aliphatic heterocycles. The van der Waals surface area contributed by atoms with Crippen LogP contribution in [0.3, 0.4) is 0 Å². The van der Waals surface area contributed by atoms with Crippen molar-refractivity contribution in [2.75, 3.05) is 11.9 Å². The molecule has 0 unspecified atom stereocenters. The van der Waals surface area contributed by atoms with Crippen molar-refractivity contribution in [3.63, 3.8) is 0 Å². The van der Waals surface area contributed by atoms with E-state index in [9.17, 15) is 14.7 Å². The van der Waals surface area contributed by atoms with E-state index in [4.69, 9.17) is 9.15 Å². The Labute approximate surface area is 121 Å². The lowest BCUT2D eigenvalue weighted by molar-refractivity contribution is 0.0523. The average Bonchev–Trinajstić information content (AvgIpc) is 2.86. The topological polar surface area (TPSA) is 88.8 Å². The number of rotatable bonds is 4. The summed E-state index contributed by atoms with van der Waals surface area (Å²) in [5.74, 6) is -0.523. The Morgan fingerprint density at radius 1 is 1.29 bits per heavy atom. The molecule has 6 nitrogen and oxygen atoms in total. The normalized spacial score (nSPS) is 10.2. The highest BCUT2D eigenvalue weighted by Crippen LogP contribution is 2.23. The summed E-state index contributed by atoms with van der Waals surface area (Å²) in [6.07, 6.45) is 0. The van der Waals surface area contributed by atoms with Crippen LogP contribution in [0, 0.1) is 6.92 Å². The molecule has 2 rings (SSSR count). The number of amides is 1. The molecular formula is C15H15NO5. The Bertz CT molecular complexity index is 674. The molecule has 0 bridgehead atoms. The van der Waals surface area contributed by atoms with E-state index >= 15 is 0 Å². The summed E-state index contributed by atoms with van der Waals surface area (Å²) < 4.78 is 9.99. The molecule has 21 heavy (non-hydrogen) atoms. The van der Waals surface area contributed by atoms with Crippen molar-refractivity contribution in [3.05, 3.63) is 47.4 Å². The van der Waals surface area contributed by atoms with Gasteiger partial charge in [-0.15, -0.1) is 0 Å². The van der Waals surface area contributed by atoms with Gasteiger partial charge in [0.2, 0.25) is 0 Å². The molecule has 2 aromatic rings. The number of hydrogen-bond acceptors (Lipinski definition) is 5. The number of esters is 1. The molecule has 0 spiro atoms. The highest BCUT2D eigenvalue weighted by atomic mass is 16.5. The first kappa shape index (κ1) is 14.6. The maximum absolute atomic E-state index is 11.9. The third-order valence-electron chi connectivity index (χ3n) is 2.72. The lowest BCUT2D eigenvalue weighted by Crippen LogP contribution is -2.11. The minimum atomic E-state index is -0.616. The van der Waals surface area contributed by atoms with E-state index in [1.54, 1.807) is 26.0 Å². The zero-order valence-corrected chi connectivity index (χ0v) is 11.7. The zero-order chi connectivity index (χ0) is 15.4. The van der Waals surface area contributed by atoms with Gasteiger partial charge in [-0.25, -0.2) is 4.79 Å². The second kappa shape index (κ2) is 6.13. The quantitative estimate of drug-likeness (QED) is 0.845. The molecule has 6 heteroatoms. The van der Waals surface area contributed by atoms with Gasteiger partial charge in [-0.2, -0.15) is 0 Å². The number of anilines is 1. The van der Waals surface area contributed by atoms with Crippen LogP contribution in [0.25, 0.3) is 0 Å². The predicted octanol–water partition coefficient (Wildman–Crippen LogP) is 2.72. The summed E-state index contributed by atoms with van der Waals surface area (Å²) >= 11 is 0. The van der Waals surface area contributed by atoms with E-state index < -0.39 is 11.9 Å². The van der Waals surface area contributed by atoms with E-state index in [1.165, 1.54) is 18.2 Å². The van der Waals surface area contributed by atoms with Crippen molar-refractivity contribution in [1.82, 2.24) is 0 Å². The molecule has 110 valence electrons. The van der Waals surface area contributed by atoms with Crippen LogP contribution in [0.1, 0.15) is 33.6 Å². The van der Waals surface area contributed by atoms with E-state index in [1.807, 2.05) is 0 Å². The van der Waals surface area contributed by atoms with Gasteiger partial charge < -0.3 is 19.6 Å². The van der Waals surface area contributed by atoms with Crippen molar-refractivity contribution in [1.29, 1.82) is 0 Å². The van der Waals surface area contributed by atoms with Crippen molar-refractivity contribution in [2.45, 2.75) is 13.8 Å². The van der Waals surface area contributed by atoms with Gasteiger partial charge in [0, 0.05) is 11.8 Å². The lowest BCUT2D eigenvalue weighted by atomic mass is 10.2. The van der Waals surface area contributed by atoms with Crippen LogP contribution in [0.15, 0.2) is 34.7 Å². The minimum Gasteiger partial charge on any atom is -0.507 e. The smallest absolute Gasteiger partial charge is 0.341 e. The van der Waals surface area contributed by atoms with Gasteiger partial charge in [0.15, 0.2) is 5.76 Å². The lowest BCUT2D eigenvalue weighted by Gasteiger charge is -2.07. The van der Waals surface area contributed by atoms with Crippen LogP contribution in [0.5, 0.6) is 5.75 Å². The summed E-state index contributed by atoms with van der Waals surface area (Å²) in [4.78, 5) is 23.4. The number of aromatic hydroxyl groups is 1. The van der Waals surface area contributed by atoms with E-state index in [0.717, 1.165) is 0 Å². The summed E-state index contributed by atoms with van der Waals surface area (Å²) in [6, 6.07) is 7.39. The molecule has 0 saturated carbocycles. The van der Waals surface area contributed by atoms with Crippen LogP contribution in [0.2, 0.25) is 0 Å². The Balaban J connectivity index is 2.13. The Kier molecular flexibility index (Phi) is 4.27.